The van der Waals surface area contributed by atoms with Crippen LogP contribution < -0.4 is 10.2 Å². The van der Waals surface area contributed by atoms with E-state index in [1.807, 2.05) is 0 Å². The van der Waals surface area contributed by atoms with E-state index >= 15 is 0 Å². The molecule has 3 aromatic carbocycles. The van der Waals surface area contributed by atoms with Crippen LogP contribution in [0.25, 0.3) is 0 Å². The Hall–Kier alpha value is -4.15. The Labute approximate surface area is 217 Å². The van der Waals surface area contributed by atoms with Gasteiger partial charge in [-0.05, 0) is 59.9 Å². The molecule has 0 fully saturated rings. The standard InChI is InChI=1S/C28H19F7N2O2/c29-19-11-7-15(8-12-19)17-13-21-24(23(38)14-17)25(16-5-9-18(10-6-16)27(30,31)32)37(26(39)28(33,34)35)22-4-2-1-3-20(22)36-21/h1-12,17,25,36H,13-14H2/t17-,25+/m1/s1. The first-order valence-electron chi connectivity index (χ1n) is 11.8. The minimum Gasteiger partial charge on any atom is -0.357 e. The van der Waals surface area contributed by atoms with Gasteiger partial charge in [0.05, 0.1) is 23.0 Å². The molecule has 0 radical (unpaired) electrons. The van der Waals surface area contributed by atoms with Gasteiger partial charge in [0.1, 0.15) is 5.82 Å². The summed E-state index contributed by atoms with van der Waals surface area (Å²) in [5, 5.41) is 3.02. The van der Waals surface area contributed by atoms with Crippen LogP contribution >= 0.6 is 0 Å². The van der Waals surface area contributed by atoms with Gasteiger partial charge in [-0.1, -0.05) is 36.4 Å². The fourth-order valence-electron chi connectivity index (χ4n) is 5.09. The minimum atomic E-state index is -5.35. The van der Waals surface area contributed by atoms with Crippen LogP contribution in [0, 0.1) is 5.82 Å². The molecule has 0 spiro atoms. The number of fused-ring (bicyclic) bond motifs is 1. The molecule has 0 bridgehead atoms. The van der Waals surface area contributed by atoms with E-state index in [2.05, 4.69) is 5.32 Å². The summed E-state index contributed by atoms with van der Waals surface area (Å²) in [5.41, 5.74) is -0.495. The molecule has 5 rings (SSSR count). The van der Waals surface area contributed by atoms with Crippen LogP contribution in [0.1, 0.15) is 41.5 Å². The summed E-state index contributed by atoms with van der Waals surface area (Å²) in [4.78, 5) is 26.9. The van der Waals surface area contributed by atoms with Crippen molar-refractivity contribution in [3.8, 4) is 0 Å². The molecule has 202 valence electrons. The Bertz CT molecular complexity index is 1460. The number of ketones is 1. The van der Waals surface area contributed by atoms with Crippen molar-refractivity contribution in [1.29, 1.82) is 0 Å². The molecule has 1 aliphatic carbocycles. The average molecular weight is 548 g/mol. The fourth-order valence-corrected chi connectivity index (χ4v) is 5.09. The van der Waals surface area contributed by atoms with E-state index in [1.165, 1.54) is 48.5 Å². The third-order valence-corrected chi connectivity index (χ3v) is 6.85. The number of amides is 1. The van der Waals surface area contributed by atoms with Crippen LogP contribution in [0.3, 0.4) is 0 Å². The lowest BCUT2D eigenvalue weighted by Gasteiger charge is -2.35. The molecular weight excluding hydrogens is 529 g/mol. The quantitative estimate of drug-likeness (QED) is 0.342. The smallest absolute Gasteiger partial charge is 0.357 e. The maximum absolute atomic E-state index is 13.9. The number of alkyl halides is 6. The number of nitrogens with zero attached hydrogens (tertiary/aromatic N) is 1. The molecule has 0 saturated carbocycles. The van der Waals surface area contributed by atoms with Gasteiger partial charge in [-0.3, -0.25) is 14.5 Å². The van der Waals surface area contributed by atoms with Gasteiger partial charge in [-0.15, -0.1) is 0 Å². The molecule has 1 N–H and O–H groups in total. The molecule has 0 unspecified atom stereocenters. The number of nitrogens with one attached hydrogen (secondary N) is 1. The van der Waals surface area contributed by atoms with E-state index < -0.39 is 47.4 Å². The van der Waals surface area contributed by atoms with Gasteiger partial charge in [0.15, 0.2) is 5.78 Å². The van der Waals surface area contributed by atoms with E-state index in [0.29, 0.717) is 22.6 Å². The molecule has 0 saturated heterocycles. The Morgan fingerprint density at radius 3 is 2.05 bits per heavy atom. The number of para-hydroxylation sites is 2. The van der Waals surface area contributed by atoms with Crippen molar-refractivity contribution in [3.63, 3.8) is 0 Å². The van der Waals surface area contributed by atoms with Crippen LogP contribution in [-0.2, 0) is 15.8 Å². The second kappa shape index (κ2) is 9.55. The number of Topliss-reactive ketones (excluding diaryl/α,β-unsaturated/α-hetero) is 1. The summed E-state index contributed by atoms with van der Waals surface area (Å²) < 4.78 is 94.9. The molecule has 2 atom stereocenters. The van der Waals surface area contributed by atoms with Crippen LogP contribution in [0.2, 0.25) is 0 Å². The second-order valence-corrected chi connectivity index (χ2v) is 9.31. The minimum absolute atomic E-state index is 0.0971. The number of benzene rings is 3. The maximum Gasteiger partial charge on any atom is 0.471 e. The van der Waals surface area contributed by atoms with Gasteiger partial charge in [-0.2, -0.15) is 26.3 Å². The van der Waals surface area contributed by atoms with Crippen LogP contribution in [0.4, 0.5) is 42.1 Å². The fraction of sp³-hybridized carbons (Fsp3) is 0.214. The van der Waals surface area contributed by atoms with Gasteiger partial charge in [-0.25, -0.2) is 4.39 Å². The average Bonchev–Trinajstić information content (AvgIpc) is 3.02. The van der Waals surface area contributed by atoms with E-state index in [-0.39, 0.29) is 41.1 Å². The summed E-state index contributed by atoms with van der Waals surface area (Å²) in [7, 11) is 0. The Kier molecular flexibility index (Phi) is 6.48. The van der Waals surface area contributed by atoms with Crippen molar-refractivity contribution in [2.24, 2.45) is 0 Å². The Balaban J connectivity index is 1.72. The SMILES string of the molecule is O=C1C[C@H](c2ccc(F)cc2)CC2=C1[C@H](c1ccc(C(F)(F)F)cc1)N(C(=O)C(F)(F)F)c1ccccc1N2. The molecule has 39 heavy (non-hydrogen) atoms. The van der Waals surface area contributed by atoms with Crippen molar-refractivity contribution in [2.75, 3.05) is 10.2 Å². The van der Waals surface area contributed by atoms with Crippen molar-refractivity contribution in [1.82, 2.24) is 0 Å². The first-order chi connectivity index (χ1) is 18.3. The lowest BCUT2D eigenvalue weighted by molar-refractivity contribution is -0.170. The third-order valence-electron chi connectivity index (χ3n) is 6.85. The number of anilines is 2. The number of halogens is 7. The number of hydrogen-bond donors (Lipinski definition) is 1. The van der Waals surface area contributed by atoms with Crippen molar-refractivity contribution >= 4 is 23.1 Å². The van der Waals surface area contributed by atoms with Crippen molar-refractivity contribution in [3.05, 3.63) is 107 Å². The van der Waals surface area contributed by atoms with Gasteiger partial charge in [0, 0.05) is 17.7 Å². The molecule has 0 aromatic heterocycles. The molecule has 2 aliphatic rings. The summed E-state index contributed by atoms with van der Waals surface area (Å²) in [6.07, 6.45) is -10.1. The highest BCUT2D eigenvalue weighted by Gasteiger charge is 2.50. The number of allylic oxidation sites excluding steroid dienone is 1. The molecule has 4 nitrogen and oxygen atoms in total. The van der Waals surface area contributed by atoms with Crippen LogP contribution in [0.5, 0.6) is 0 Å². The summed E-state index contributed by atoms with van der Waals surface area (Å²) >= 11 is 0. The first kappa shape index (κ1) is 26.5. The summed E-state index contributed by atoms with van der Waals surface area (Å²) in [6, 6.07) is 12.8. The van der Waals surface area contributed by atoms with E-state index in [4.69, 9.17) is 0 Å². The lowest BCUT2D eigenvalue weighted by atomic mass is 9.78. The van der Waals surface area contributed by atoms with Crippen molar-refractivity contribution < 1.29 is 40.3 Å². The third kappa shape index (κ3) is 5.00. The van der Waals surface area contributed by atoms with Crippen LogP contribution in [0.15, 0.2) is 84.1 Å². The summed E-state index contributed by atoms with van der Waals surface area (Å²) in [6.45, 7) is 0. The second-order valence-electron chi connectivity index (χ2n) is 9.31. The zero-order valence-electron chi connectivity index (χ0n) is 19.9. The molecule has 11 heteroatoms. The van der Waals surface area contributed by atoms with E-state index in [0.717, 1.165) is 12.1 Å². The normalized spacial score (nSPS) is 19.7. The highest BCUT2D eigenvalue weighted by Crippen LogP contribution is 2.48. The predicted octanol–water partition coefficient (Wildman–Crippen LogP) is 7.31. The van der Waals surface area contributed by atoms with Crippen molar-refractivity contribution in [2.45, 2.75) is 37.2 Å². The molecule has 1 heterocycles. The maximum atomic E-state index is 13.9. The van der Waals surface area contributed by atoms with Gasteiger partial charge in [0.2, 0.25) is 0 Å². The Morgan fingerprint density at radius 2 is 1.44 bits per heavy atom. The molecular formula is C28H19F7N2O2. The number of carbonyl (C=O) groups excluding carboxylic acids is 2. The van der Waals surface area contributed by atoms with E-state index in [9.17, 15) is 40.3 Å². The topological polar surface area (TPSA) is 49.4 Å². The first-order valence-corrected chi connectivity index (χ1v) is 11.8. The Morgan fingerprint density at radius 1 is 0.821 bits per heavy atom. The monoisotopic (exact) mass is 548 g/mol. The lowest BCUT2D eigenvalue weighted by Crippen LogP contribution is -2.45. The molecule has 3 aromatic rings. The van der Waals surface area contributed by atoms with Gasteiger partial charge < -0.3 is 5.32 Å². The summed E-state index contributed by atoms with van der Waals surface area (Å²) in [5.74, 6) is -3.79. The predicted molar refractivity (Wildman–Crippen MR) is 128 cm³/mol. The number of hydrogen-bond acceptors (Lipinski definition) is 3. The largest absolute Gasteiger partial charge is 0.471 e. The van der Waals surface area contributed by atoms with Gasteiger partial charge in [0.25, 0.3) is 0 Å². The molecule has 1 aliphatic heterocycles. The van der Waals surface area contributed by atoms with Crippen LogP contribution in [-0.4, -0.2) is 17.9 Å². The van der Waals surface area contributed by atoms with E-state index in [1.54, 1.807) is 0 Å². The number of rotatable bonds is 2. The highest BCUT2D eigenvalue weighted by molar-refractivity contribution is 6.07. The zero-order chi connectivity index (χ0) is 28.1. The highest BCUT2D eigenvalue weighted by atomic mass is 19.4. The molecule has 1 amide bonds. The number of carbonyl (C=O) groups is 2. The van der Waals surface area contributed by atoms with Gasteiger partial charge >= 0.3 is 18.3 Å². The zero-order valence-corrected chi connectivity index (χ0v) is 19.9.